The van der Waals surface area contributed by atoms with Gasteiger partial charge in [0.1, 0.15) is 17.4 Å². The minimum atomic E-state index is -0.513. The van der Waals surface area contributed by atoms with Crippen LogP contribution in [0.3, 0.4) is 0 Å². The van der Waals surface area contributed by atoms with E-state index in [1.807, 2.05) is 19.9 Å². The lowest BCUT2D eigenvalue weighted by Crippen LogP contribution is -2.14. The molecule has 0 aliphatic rings. The average molecular weight is 356 g/mol. The molecule has 1 amide bonds. The number of anilines is 2. The Morgan fingerprint density at radius 2 is 1.92 bits per heavy atom. The van der Waals surface area contributed by atoms with Gasteiger partial charge in [0.05, 0.1) is 6.61 Å². The number of hydrogen-bond acceptors (Lipinski definition) is 4. The van der Waals surface area contributed by atoms with Gasteiger partial charge in [-0.1, -0.05) is 17.7 Å². The van der Waals surface area contributed by atoms with Crippen LogP contribution in [0.4, 0.5) is 11.4 Å². The highest BCUT2D eigenvalue weighted by Crippen LogP contribution is 2.20. The van der Waals surface area contributed by atoms with E-state index in [-0.39, 0.29) is 5.57 Å². The first-order valence-corrected chi connectivity index (χ1v) is 8.08. The number of amides is 1. The average Bonchev–Trinajstić information content (AvgIpc) is 2.60. The smallest absolute Gasteiger partial charge is 0.267 e. The van der Waals surface area contributed by atoms with Crippen molar-refractivity contribution >= 4 is 28.9 Å². The molecule has 0 saturated carbocycles. The third kappa shape index (κ3) is 5.27. The van der Waals surface area contributed by atoms with E-state index in [0.29, 0.717) is 17.3 Å². The quantitative estimate of drug-likeness (QED) is 0.590. The molecule has 0 aliphatic carbocycles. The molecule has 2 aromatic carbocycles. The van der Waals surface area contributed by atoms with Gasteiger partial charge >= 0.3 is 0 Å². The highest BCUT2D eigenvalue weighted by molar-refractivity contribution is 6.31. The fourth-order valence-corrected chi connectivity index (χ4v) is 2.17. The summed E-state index contributed by atoms with van der Waals surface area (Å²) in [5.41, 5.74) is 2.13. The normalized spacial score (nSPS) is 10.7. The Morgan fingerprint density at radius 1 is 1.24 bits per heavy atom. The first-order valence-electron chi connectivity index (χ1n) is 7.70. The molecular formula is C19H18ClN3O2. The van der Waals surface area contributed by atoms with E-state index in [4.69, 9.17) is 16.3 Å². The van der Waals surface area contributed by atoms with E-state index >= 15 is 0 Å². The van der Waals surface area contributed by atoms with Gasteiger partial charge in [0.25, 0.3) is 5.91 Å². The number of carbonyl (C=O) groups excluding carboxylic acids is 1. The Bertz CT molecular complexity index is 824. The summed E-state index contributed by atoms with van der Waals surface area (Å²) >= 11 is 6.03. The van der Waals surface area contributed by atoms with Gasteiger partial charge in [-0.05, 0) is 55.8 Å². The summed E-state index contributed by atoms with van der Waals surface area (Å²) in [6.45, 7) is 4.37. The van der Waals surface area contributed by atoms with E-state index in [2.05, 4.69) is 10.6 Å². The molecule has 6 heteroatoms. The van der Waals surface area contributed by atoms with Crippen molar-refractivity contribution in [3.05, 3.63) is 64.8 Å². The zero-order valence-corrected chi connectivity index (χ0v) is 14.7. The Labute approximate surface area is 151 Å². The lowest BCUT2D eigenvalue weighted by molar-refractivity contribution is -0.112. The highest BCUT2D eigenvalue weighted by Gasteiger charge is 2.10. The zero-order valence-electron chi connectivity index (χ0n) is 14.0. The first kappa shape index (κ1) is 18.4. The van der Waals surface area contributed by atoms with Crippen LogP contribution in [0.2, 0.25) is 5.02 Å². The van der Waals surface area contributed by atoms with Crippen molar-refractivity contribution in [2.45, 2.75) is 13.8 Å². The van der Waals surface area contributed by atoms with Gasteiger partial charge in [-0.3, -0.25) is 4.79 Å². The van der Waals surface area contributed by atoms with Crippen molar-refractivity contribution in [3.8, 4) is 11.8 Å². The van der Waals surface area contributed by atoms with Crippen LogP contribution in [-0.4, -0.2) is 12.5 Å². The Kier molecular flexibility index (Phi) is 6.44. The summed E-state index contributed by atoms with van der Waals surface area (Å²) in [6.07, 6.45) is 1.36. The lowest BCUT2D eigenvalue weighted by Gasteiger charge is -2.07. The molecule has 0 heterocycles. The van der Waals surface area contributed by atoms with Gasteiger partial charge in [-0.2, -0.15) is 5.26 Å². The molecule has 0 fully saturated rings. The van der Waals surface area contributed by atoms with Crippen LogP contribution < -0.4 is 15.4 Å². The highest BCUT2D eigenvalue weighted by atomic mass is 35.5. The number of aryl methyl sites for hydroxylation is 1. The molecule has 5 nitrogen and oxygen atoms in total. The predicted molar refractivity (Wildman–Crippen MR) is 99.7 cm³/mol. The second kappa shape index (κ2) is 8.76. The van der Waals surface area contributed by atoms with Gasteiger partial charge in [-0.15, -0.1) is 0 Å². The van der Waals surface area contributed by atoms with E-state index in [0.717, 1.165) is 17.0 Å². The van der Waals surface area contributed by atoms with Crippen molar-refractivity contribution in [1.29, 1.82) is 5.26 Å². The Morgan fingerprint density at radius 3 is 2.52 bits per heavy atom. The van der Waals surface area contributed by atoms with Crippen molar-refractivity contribution in [1.82, 2.24) is 0 Å². The third-order valence-corrected chi connectivity index (χ3v) is 3.75. The summed E-state index contributed by atoms with van der Waals surface area (Å²) in [4.78, 5) is 12.2. The van der Waals surface area contributed by atoms with E-state index in [1.54, 1.807) is 42.5 Å². The summed E-state index contributed by atoms with van der Waals surface area (Å²) in [5.74, 6) is 0.243. The van der Waals surface area contributed by atoms with Crippen LogP contribution in [-0.2, 0) is 4.79 Å². The molecule has 2 rings (SSSR count). The minimum absolute atomic E-state index is 0.0504. The fraction of sp³-hybridized carbons (Fsp3) is 0.158. The van der Waals surface area contributed by atoms with Crippen molar-refractivity contribution in [3.63, 3.8) is 0 Å². The molecule has 25 heavy (non-hydrogen) atoms. The standard InChI is InChI=1S/C19H18ClN3O2/c1-3-25-17-8-6-15(7-9-17)22-12-14(11-21)19(24)23-16-5-4-13(2)18(20)10-16/h4-10,12,22H,3H2,1-2H3,(H,23,24)/b14-12-. The van der Waals surface area contributed by atoms with Crippen LogP contribution >= 0.6 is 11.6 Å². The van der Waals surface area contributed by atoms with E-state index in [1.165, 1.54) is 6.20 Å². The molecule has 2 aromatic rings. The maximum absolute atomic E-state index is 12.2. The molecule has 128 valence electrons. The summed E-state index contributed by atoms with van der Waals surface area (Å²) in [5, 5.41) is 15.3. The van der Waals surface area contributed by atoms with Crippen LogP contribution in [0.5, 0.6) is 5.75 Å². The summed E-state index contributed by atoms with van der Waals surface area (Å²) in [6, 6.07) is 14.3. The van der Waals surface area contributed by atoms with Crippen molar-refractivity contribution < 1.29 is 9.53 Å². The SMILES string of the molecule is CCOc1ccc(N/C=C(/C#N)C(=O)Nc2ccc(C)c(Cl)c2)cc1. The summed E-state index contributed by atoms with van der Waals surface area (Å²) < 4.78 is 5.36. The maximum atomic E-state index is 12.2. The molecule has 0 aliphatic heterocycles. The lowest BCUT2D eigenvalue weighted by atomic mass is 10.2. The largest absolute Gasteiger partial charge is 0.494 e. The Balaban J connectivity index is 2.04. The van der Waals surface area contributed by atoms with E-state index < -0.39 is 5.91 Å². The van der Waals surface area contributed by atoms with Crippen LogP contribution in [0.15, 0.2) is 54.2 Å². The third-order valence-electron chi connectivity index (χ3n) is 3.34. The van der Waals surface area contributed by atoms with Crippen LogP contribution in [0.1, 0.15) is 12.5 Å². The topological polar surface area (TPSA) is 74.1 Å². The van der Waals surface area contributed by atoms with Gasteiger partial charge in [-0.25, -0.2) is 0 Å². The minimum Gasteiger partial charge on any atom is -0.494 e. The number of ether oxygens (including phenoxy) is 1. The number of rotatable bonds is 6. The van der Waals surface area contributed by atoms with Crippen molar-refractivity contribution in [2.24, 2.45) is 0 Å². The number of carbonyl (C=O) groups is 1. The molecule has 0 aromatic heterocycles. The van der Waals surface area contributed by atoms with Gasteiger partial charge < -0.3 is 15.4 Å². The number of nitrogens with zero attached hydrogens (tertiary/aromatic N) is 1. The fourth-order valence-electron chi connectivity index (χ4n) is 1.99. The molecular weight excluding hydrogens is 338 g/mol. The first-order chi connectivity index (χ1) is 12.0. The van der Waals surface area contributed by atoms with Gasteiger partial charge in [0.2, 0.25) is 0 Å². The number of hydrogen-bond donors (Lipinski definition) is 2. The van der Waals surface area contributed by atoms with Crippen molar-refractivity contribution in [2.75, 3.05) is 17.2 Å². The monoisotopic (exact) mass is 355 g/mol. The molecule has 0 atom stereocenters. The molecule has 0 spiro atoms. The van der Waals surface area contributed by atoms with E-state index in [9.17, 15) is 10.1 Å². The van der Waals surface area contributed by atoms with Gasteiger partial charge in [0.15, 0.2) is 0 Å². The number of nitrogens with one attached hydrogen (secondary N) is 2. The number of halogens is 1. The second-order valence-corrected chi connectivity index (χ2v) is 5.60. The van der Waals surface area contributed by atoms with Crippen LogP contribution in [0, 0.1) is 18.3 Å². The second-order valence-electron chi connectivity index (χ2n) is 5.19. The van der Waals surface area contributed by atoms with Gasteiger partial charge in [0, 0.05) is 22.6 Å². The molecule has 0 unspecified atom stereocenters. The summed E-state index contributed by atoms with van der Waals surface area (Å²) in [7, 11) is 0. The molecule has 0 radical (unpaired) electrons. The zero-order chi connectivity index (χ0) is 18.2. The number of nitriles is 1. The predicted octanol–water partition coefficient (Wildman–Crippen LogP) is 4.51. The maximum Gasteiger partial charge on any atom is 0.267 e. The molecule has 2 N–H and O–H groups in total. The van der Waals surface area contributed by atoms with Crippen LogP contribution in [0.25, 0.3) is 0 Å². The number of benzene rings is 2. The molecule has 0 bridgehead atoms. The molecule has 0 saturated heterocycles. The Hall–Kier alpha value is -2.97.